The molecule has 3 amide bonds. The maximum absolute atomic E-state index is 12.1. The van der Waals surface area contributed by atoms with Crippen molar-refractivity contribution in [3.05, 3.63) is 0 Å². The summed E-state index contributed by atoms with van der Waals surface area (Å²) in [5, 5.41) is 6.41. The lowest BCUT2D eigenvalue weighted by atomic mass is 10.0. The molecule has 0 saturated carbocycles. The quantitative estimate of drug-likeness (QED) is 0.390. The van der Waals surface area contributed by atoms with Gasteiger partial charge in [0.05, 0.1) is 12.1 Å². The van der Waals surface area contributed by atoms with Crippen LogP contribution in [0.2, 0.25) is 0 Å². The molecule has 3 saturated heterocycles. The number of likely N-dealkylation sites (tertiary alicyclic amines) is 1. The first kappa shape index (κ1) is 15.9. The van der Waals surface area contributed by atoms with Crippen LogP contribution in [0, 0.1) is 0 Å². The van der Waals surface area contributed by atoms with Crippen LogP contribution in [0.15, 0.2) is 0 Å². The first-order chi connectivity index (χ1) is 10.5. The number of fused-ring (bicyclic) bond motifs is 1. The molecule has 3 aliphatic heterocycles. The van der Waals surface area contributed by atoms with Gasteiger partial charge in [-0.15, -0.1) is 0 Å². The monoisotopic (exact) mass is 327 g/mol. The van der Waals surface area contributed by atoms with E-state index in [9.17, 15) is 9.59 Å². The van der Waals surface area contributed by atoms with Gasteiger partial charge in [-0.3, -0.25) is 4.79 Å². The Hall–Kier alpha value is -0.990. The number of unbranched alkanes of at least 4 members (excludes halogenated alkanes) is 1. The van der Waals surface area contributed by atoms with E-state index in [0.717, 1.165) is 25.0 Å². The summed E-state index contributed by atoms with van der Waals surface area (Å²) in [6.07, 6.45) is 3.50. The summed E-state index contributed by atoms with van der Waals surface area (Å²) >= 11 is 1.92. The highest BCUT2D eigenvalue weighted by atomic mass is 32.2. The Bertz CT molecular complexity index is 439. The van der Waals surface area contributed by atoms with E-state index in [1.165, 1.54) is 0 Å². The number of carbonyl (C=O) groups excluding carboxylic acids is 2. The molecular weight excluding hydrogens is 302 g/mol. The molecule has 3 aliphatic rings. The Morgan fingerprint density at radius 3 is 2.68 bits per heavy atom. The number of nitrogens with one attached hydrogen (secondary N) is 2. The third kappa shape index (κ3) is 3.33. The van der Waals surface area contributed by atoms with Gasteiger partial charge in [-0.05, 0) is 12.8 Å². The molecule has 124 valence electrons. The largest absolute Gasteiger partial charge is 0.339 e. The van der Waals surface area contributed by atoms with Crippen LogP contribution in [0.25, 0.3) is 0 Å². The molecule has 6 N–H and O–H groups in total. The highest BCUT2D eigenvalue weighted by Crippen LogP contribution is 2.33. The number of urea groups is 1. The first-order valence-corrected chi connectivity index (χ1v) is 9.07. The predicted octanol–water partition coefficient (Wildman–Crippen LogP) is -0.791. The van der Waals surface area contributed by atoms with E-state index in [2.05, 4.69) is 10.6 Å². The van der Waals surface area contributed by atoms with Gasteiger partial charge in [-0.25, -0.2) is 4.79 Å². The summed E-state index contributed by atoms with van der Waals surface area (Å²) in [6, 6.07) is 0.306. The molecule has 0 spiro atoms. The van der Waals surface area contributed by atoms with Gasteiger partial charge in [0.15, 0.2) is 0 Å². The lowest BCUT2D eigenvalue weighted by molar-refractivity contribution is -0.130. The molecule has 3 fully saturated rings. The number of hydrogen-bond donors (Lipinski definition) is 4. The number of thioether (sulfide) groups is 1. The van der Waals surface area contributed by atoms with Crippen LogP contribution in [0.1, 0.15) is 25.7 Å². The Kier molecular flexibility index (Phi) is 4.79. The lowest BCUT2D eigenvalue weighted by Gasteiger charge is -2.18. The van der Waals surface area contributed by atoms with Crippen molar-refractivity contribution in [2.45, 2.75) is 55.1 Å². The predicted molar refractivity (Wildman–Crippen MR) is 86.5 cm³/mol. The van der Waals surface area contributed by atoms with E-state index < -0.39 is 0 Å². The van der Waals surface area contributed by atoms with Crippen LogP contribution in [0.5, 0.6) is 0 Å². The summed E-state index contributed by atoms with van der Waals surface area (Å²) in [6.45, 7) is 1.17. The van der Waals surface area contributed by atoms with Crippen molar-refractivity contribution in [1.82, 2.24) is 15.5 Å². The van der Waals surface area contributed by atoms with Crippen LogP contribution < -0.4 is 22.1 Å². The average molecular weight is 327 g/mol. The second kappa shape index (κ2) is 6.64. The summed E-state index contributed by atoms with van der Waals surface area (Å²) in [4.78, 5) is 25.2. The normalized spacial score (nSPS) is 37.1. The van der Waals surface area contributed by atoms with E-state index in [4.69, 9.17) is 11.5 Å². The molecule has 0 aromatic carbocycles. The number of carbonyl (C=O) groups is 2. The molecule has 7 nitrogen and oxygen atoms in total. The molecule has 0 aromatic heterocycles. The maximum atomic E-state index is 12.1. The molecule has 0 aliphatic carbocycles. The van der Waals surface area contributed by atoms with E-state index >= 15 is 0 Å². The molecule has 5 atom stereocenters. The third-order valence-electron chi connectivity index (χ3n) is 4.83. The van der Waals surface area contributed by atoms with Crippen LogP contribution in [0.3, 0.4) is 0 Å². The van der Waals surface area contributed by atoms with Crippen molar-refractivity contribution in [2.24, 2.45) is 11.5 Å². The standard InChI is InChI=1S/C14H25N5O2S/c15-8-5-19(6-9(8)16)12(20)4-2-1-3-11-13-10(7-22-11)17-14(21)18-13/h8-11,13H,1-7,15-16H2,(H2,17,18,21)/t8-,9-,10+,11+,13+/m1/s1. The van der Waals surface area contributed by atoms with Crippen LogP contribution in [-0.2, 0) is 4.79 Å². The van der Waals surface area contributed by atoms with Gasteiger partial charge in [0.2, 0.25) is 5.91 Å². The molecule has 3 rings (SSSR count). The molecule has 22 heavy (non-hydrogen) atoms. The van der Waals surface area contributed by atoms with Gasteiger partial charge >= 0.3 is 6.03 Å². The summed E-state index contributed by atoms with van der Waals surface area (Å²) in [5.74, 6) is 1.15. The highest BCUT2D eigenvalue weighted by Gasteiger charge is 2.42. The van der Waals surface area contributed by atoms with Gasteiger partial charge < -0.3 is 27.0 Å². The second-order valence-corrected chi connectivity index (χ2v) is 7.77. The van der Waals surface area contributed by atoms with Crippen molar-refractivity contribution in [3.63, 3.8) is 0 Å². The maximum Gasteiger partial charge on any atom is 0.315 e. The van der Waals surface area contributed by atoms with Crippen molar-refractivity contribution in [2.75, 3.05) is 18.8 Å². The SMILES string of the molecule is N[C@@H]1CN(C(=O)CCCC[C@@H]2SC[C@@H]3NC(=O)N[C@@H]32)C[C@H]1N. The Morgan fingerprint density at radius 2 is 1.95 bits per heavy atom. The zero-order chi connectivity index (χ0) is 15.7. The van der Waals surface area contributed by atoms with Crippen LogP contribution in [-0.4, -0.2) is 65.1 Å². The fourth-order valence-electron chi connectivity index (χ4n) is 3.48. The lowest BCUT2D eigenvalue weighted by Crippen LogP contribution is -2.39. The average Bonchev–Trinajstić information content (AvgIpc) is 3.11. The number of amides is 3. The minimum absolute atomic E-state index is 0.0443. The van der Waals surface area contributed by atoms with Crippen molar-refractivity contribution in [1.29, 1.82) is 0 Å². The fraction of sp³-hybridized carbons (Fsp3) is 0.857. The minimum Gasteiger partial charge on any atom is -0.339 e. The van der Waals surface area contributed by atoms with Gasteiger partial charge in [0.25, 0.3) is 0 Å². The van der Waals surface area contributed by atoms with Crippen molar-refractivity contribution < 1.29 is 9.59 Å². The Balaban J connectivity index is 1.34. The number of nitrogens with two attached hydrogens (primary N) is 2. The van der Waals surface area contributed by atoms with Crippen molar-refractivity contribution in [3.8, 4) is 0 Å². The Labute approximate surface area is 134 Å². The topological polar surface area (TPSA) is 113 Å². The molecule has 3 heterocycles. The zero-order valence-corrected chi connectivity index (χ0v) is 13.5. The zero-order valence-electron chi connectivity index (χ0n) is 12.7. The number of nitrogens with zero attached hydrogens (tertiary/aromatic N) is 1. The number of rotatable bonds is 5. The molecule has 0 bridgehead atoms. The molecule has 0 radical (unpaired) electrons. The molecular formula is C14H25N5O2S. The smallest absolute Gasteiger partial charge is 0.315 e. The highest BCUT2D eigenvalue weighted by molar-refractivity contribution is 8.00. The second-order valence-electron chi connectivity index (χ2n) is 6.49. The van der Waals surface area contributed by atoms with E-state index in [1.54, 1.807) is 4.90 Å². The Morgan fingerprint density at radius 1 is 1.23 bits per heavy atom. The van der Waals surface area contributed by atoms with E-state index in [-0.39, 0.29) is 36.1 Å². The summed E-state index contributed by atoms with van der Waals surface area (Å²) in [5.41, 5.74) is 11.7. The number of hydrogen-bond acceptors (Lipinski definition) is 5. The van der Waals surface area contributed by atoms with Crippen LogP contribution >= 0.6 is 11.8 Å². The minimum atomic E-state index is -0.0887. The molecule has 0 unspecified atom stereocenters. The van der Waals surface area contributed by atoms with E-state index in [1.807, 2.05) is 11.8 Å². The van der Waals surface area contributed by atoms with Crippen molar-refractivity contribution >= 4 is 23.7 Å². The van der Waals surface area contributed by atoms with E-state index in [0.29, 0.717) is 24.8 Å². The van der Waals surface area contributed by atoms with Gasteiger partial charge in [-0.1, -0.05) is 6.42 Å². The first-order valence-electron chi connectivity index (χ1n) is 8.02. The third-order valence-corrected chi connectivity index (χ3v) is 6.34. The summed E-state index contributed by atoms with van der Waals surface area (Å²) in [7, 11) is 0. The van der Waals surface area contributed by atoms with Gasteiger partial charge in [0.1, 0.15) is 0 Å². The molecule has 8 heteroatoms. The van der Waals surface area contributed by atoms with Crippen LogP contribution in [0.4, 0.5) is 4.79 Å². The van der Waals surface area contributed by atoms with Gasteiger partial charge in [-0.2, -0.15) is 11.8 Å². The molecule has 0 aromatic rings. The summed E-state index contributed by atoms with van der Waals surface area (Å²) < 4.78 is 0. The fourth-order valence-corrected chi connectivity index (χ4v) is 5.02. The van der Waals surface area contributed by atoms with Gasteiger partial charge in [0, 0.05) is 42.6 Å².